The summed E-state index contributed by atoms with van der Waals surface area (Å²) in [5.74, 6) is 0. The Bertz CT molecular complexity index is 701. The molecule has 0 fully saturated rings. The van der Waals surface area contributed by atoms with E-state index < -0.39 is 12.9 Å². The molecule has 0 saturated heterocycles. The molecule has 0 aliphatic heterocycles. The third kappa shape index (κ3) is 6.41. The first-order valence-electron chi connectivity index (χ1n) is 8.53. The molecule has 26 heavy (non-hydrogen) atoms. The molecule has 2 atom stereocenters. The van der Waals surface area contributed by atoms with Gasteiger partial charge in [0.15, 0.2) is 0 Å². The quantitative estimate of drug-likeness (QED) is 0.454. The van der Waals surface area contributed by atoms with Crippen LogP contribution in [0.25, 0.3) is 0 Å². The van der Waals surface area contributed by atoms with Crippen molar-refractivity contribution in [2.75, 3.05) is 13.2 Å². The first kappa shape index (κ1) is 21.5. The molecule has 2 aromatic carbocycles. The zero-order chi connectivity index (χ0) is 19.0. The number of rotatable bonds is 10. The molecule has 2 rings (SSSR count). The Labute approximate surface area is 164 Å². The Kier molecular flexibility index (Phi) is 8.68. The van der Waals surface area contributed by atoms with Crippen LogP contribution in [0, 0.1) is 0 Å². The van der Waals surface area contributed by atoms with Crippen LogP contribution in [0.5, 0.6) is 0 Å². The summed E-state index contributed by atoms with van der Waals surface area (Å²) in [5, 5.41) is 11.0. The van der Waals surface area contributed by atoms with E-state index in [9.17, 15) is 9.67 Å². The molecule has 0 heterocycles. The van der Waals surface area contributed by atoms with Crippen LogP contribution >= 0.6 is 29.8 Å². The number of aliphatic hydroxyl groups excluding tert-OH is 1. The van der Waals surface area contributed by atoms with Crippen LogP contribution < -0.4 is 0 Å². The summed E-state index contributed by atoms with van der Waals surface area (Å²) in [4.78, 5) is 0. The third-order valence-corrected chi connectivity index (χ3v) is 8.24. The number of benzene rings is 2. The molecule has 142 valence electrons. The largest absolute Gasteiger partial charge is 0.389 e. The molecule has 0 aliphatic rings. The summed E-state index contributed by atoms with van der Waals surface area (Å²) >= 11 is 7.12. The van der Waals surface area contributed by atoms with E-state index in [0.29, 0.717) is 24.7 Å². The number of hydrogen-bond acceptors (Lipinski definition) is 5. The van der Waals surface area contributed by atoms with Crippen molar-refractivity contribution in [1.29, 1.82) is 0 Å². The standard InChI is InChI=1S/C19H24ClO4PS/c1-3-23-25(22,24-4-2)26-19(16-10-12-17(20)13-11-16)14-18(21)15-8-6-5-7-9-15/h5-13,18-19,21H,3-4,14H2,1-2H3/t18-,19-/m1/s1. The zero-order valence-corrected chi connectivity index (χ0v) is 17.3. The van der Waals surface area contributed by atoms with Gasteiger partial charge in [0.05, 0.1) is 19.3 Å². The summed E-state index contributed by atoms with van der Waals surface area (Å²) in [6.45, 7) is 0.813. The van der Waals surface area contributed by atoms with Gasteiger partial charge in [-0.1, -0.05) is 54.1 Å². The minimum absolute atomic E-state index is 0.272. The maximum atomic E-state index is 13.0. The fraction of sp³-hybridized carbons (Fsp3) is 0.368. The predicted molar refractivity (Wildman–Crippen MR) is 109 cm³/mol. The van der Waals surface area contributed by atoms with Crippen molar-refractivity contribution < 1.29 is 18.7 Å². The van der Waals surface area contributed by atoms with Gasteiger partial charge in [0.25, 0.3) is 0 Å². The molecule has 0 unspecified atom stereocenters. The summed E-state index contributed by atoms with van der Waals surface area (Å²) in [7, 11) is 0. The SMILES string of the molecule is CCOP(=O)(OCC)S[C@H](C[C@@H](O)c1ccccc1)c1ccc(Cl)cc1. The highest BCUT2D eigenvalue weighted by Gasteiger charge is 2.32. The smallest absolute Gasteiger partial charge is 0.388 e. The highest BCUT2D eigenvalue weighted by atomic mass is 35.5. The summed E-state index contributed by atoms with van der Waals surface area (Å²) in [6.07, 6.45) is -0.318. The maximum absolute atomic E-state index is 13.0. The molecule has 2 aromatic rings. The van der Waals surface area contributed by atoms with Crippen LogP contribution in [-0.4, -0.2) is 18.3 Å². The fourth-order valence-electron chi connectivity index (χ4n) is 2.50. The van der Waals surface area contributed by atoms with Crippen LogP contribution in [0.2, 0.25) is 5.02 Å². The summed E-state index contributed by atoms with van der Waals surface area (Å²) < 4.78 is 23.8. The Morgan fingerprint density at radius 1 is 1.00 bits per heavy atom. The van der Waals surface area contributed by atoms with Crippen molar-refractivity contribution in [3.05, 3.63) is 70.7 Å². The Balaban J connectivity index is 2.26. The normalized spacial score (nSPS) is 14.2. The van der Waals surface area contributed by atoms with Gasteiger partial charge in [-0.05, 0) is 54.9 Å². The molecule has 0 bridgehead atoms. The minimum atomic E-state index is -3.33. The van der Waals surface area contributed by atoms with Gasteiger partial charge in [0.1, 0.15) is 0 Å². The van der Waals surface area contributed by atoms with Crippen LogP contribution in [0.15, 0.2) is 54.6 Å². The van der Waals surface area contributed by atoms with E-state index in [-0.39, 0.29) is 5.25 Å². The lowest BCUT2D eigenvalue weighted by molar-refractivity contribution is 0.167. The molecule has 0 amide bonds. The van der Waals surface area contributed by atoms with E-state index in [0.717, 1.165) is 22.5 Å². The molecular formula is C19H24ClO4PS. The fourth-order valence-corrected chi connectivity index (χ4v) is 6.87. The van der Waals surface area contributed by atoms with Crippen LogP contribution in [0.1, 0.15) is 42.7 Å². The summed E-state index contributed by atoms with van der Waals surface area (Å²) in [5.41, 5.74) is 1.73. The van der Waals surface area contributed by atoms with Crippen molar-refractivity contribution in [1.82, 2.24) is 0 Å². The molecule has 7 heteroatoms. The Morgan fingerprint density at radius 3 is 2.12 bits per heavy atom. The van der Waals surface area contributed by atoms with Crippen LogP contribution in [0.4, 0.5) is 0 Å². The van der Waals surface area contributed by atoms with Crippen molar-refractivity contribution in [3.8, 4) is 0 Å². The molecule has 0 aliphatic carbocycles. The van der Waals surface area contributed by atoms with Gasteiger partial charge in [0.2, 0.25) is 0 Å². The van der Waals surface area contributed by atoms with Crippen LogP contribution in [0.3, 0.4) is 0 Å². The summed E-state index contributed by atoms with van der Waals surface area (Å²) in [6, 6.07) is 16.7. The Morgan fingerprint density at radius 2 is 1.58 bits per heavy atom. The molecule has 4 nitrogen and oxygen atoms in total. The number of aliphatic hydroxyl groups is 1. The van der Waals surface area contributed by atoms with E-state index in [1.807, 2.05) is 42.5 Å². The first-order valence-corrected chi connectivity index (χ1v) is 11.9. The average Bonchev–Trinajstić information content (AvgIpc) is 2.63. The topological polar surface area (TPSA) is 55.8 Å². The predicted octanol–water partition coefficient (Wildman–Crippen LogP) is 6.42. The second-order valence-corrected chi connectivity index (χ2v) is 10.2. The zero-order valence-electron chi connectivity index (χ0n) is 14.9. The van der Waals surface area contributed by atoms with Crippen molar-refractivity contribution >= 4 is 29.8 Å². The van der Waals surface area contributed by atoms with Gasteiger partial charge in [-0.25, -0.2) is 4.57 Å². The van der Waals surface area contributed by atoms with E-state index >= 15 is 0 Å². The highest BCUT2D eigenvalue weighted by Crippen LogP contribution is 2.66. The minimum Gasteiger partial charge on any atom is -0.388 e. The maximum Gasteiger partial charge on any atom is 0.389 e. The van der Waals surface area contributed by atoms with Gasteiger partial charge >= 0.3 is 6.80 Å². The number of halogens is 1. The average molecular weight is 415 g/mol. The van der Waals surface area contributed by atoms with Crippen LogP contribution in [-0.2, 0) is 13.6 Å². The Hall–Kier alpha value is -0.810. The molecule has 1 N–H and O–H groups in total. The lowest BCUT2D eigenvalue weighted by atomic mass is 10.0. The van der Waals surface area contributed by atoms with E-state index in [2.05, 4.69) is 0 Å². The van der Waals surface area contributed by atoms with E-state index in [1.54, 1.807) is 26.0 Å². The molecular weight excluding hydrogens is 391 g/mol. The van der Waals surface area contributed by atoms with E-state index in [4.69, 9.17) is 20.6 Å². The van der Waals surface area contributed by atoms with E-state index in [1.165, 1.54) is 0 Å². The second kappa shape index (κ2) is 10.5. The van der Waals surface area contributed by atoms with Gasteiger partial charge in [0, 0.05) is 10.3 Å². The molecule has 0 radical (unpaired) electrons. The van der Waals surface area contributed by atoms with Gasteiger partial charge < -0.3 is 14.2 Å². The molecule has 0 saturated carbocycles. The van der Waals surface area contributed by atoms with Crippen molar-refractivity contribution in [3.63, 3.8) is 0 Å². The second-order valence-electron chi connectivity index (χ2n) is 5.59. The van der Waals surface area contributed by atoms with Gasteiger partial charge in [-0.15, -0.1) is 0 Å². The third-order valence-electron chi connectivity index (χ3n) is 3.69. The van der Waals surface area contributed by atoms with Crippen molar-refractivity contribution in [2.45, 2.75) is 31.6 Å². The lowest BCUT2D eigenvalue weighted by Gasteiger charge is -2.25. The van der Waals surface area contributed by atoms with Gasteiger partial charge in [-0.2, -0.15) is 0 Å². The highest BCUT2D eigenvalue weighted by molar-refractivity contribution is 8.55. The number of hydrogen-bond donors (Lipinski definition) is 1. The molecule has 0 spiro atoms. The first-order chi connectivity index (χ1) is 12.5. The van der Waals surface area contributed by atoms with Crippen molar-refractivity contribution in [2.24, 2.45) is 0 Å². The molecule has 0 aromatic heterocycles. The monoisotopic (exact) mass is 414 g/mol. The lowest BCUT2D eigenvalue weighted by Crippen LogP contribution is -2.05. The van der Waals surface area contributed by atoms with Gasteiger partial charge in [-0.3, -0.25) is 0 Å².